The van der Waals surface area contributed by atoms with E-state index in [0.717, 1.165) is 35.9 Å². The molecule has 1 N–H and O–H groups in total. The lowest BCUT2D eigenvalue weighted by molar-refractivity contribution is 0.257. The second-order valence-corrected chi connectivity index (χ2v) is 5.42. The molecule has 1 aromatic heterocycles. The van der Waals surface area contributed by atoms with Crippen molar-refractivity contribution in [1.82, 2.24) is 9.97 Å². The van der Waals surface area contributed by atoms with Crippen LogP contribution < -0.4 is 10.1 Å². The minimum Gasteiger partial charge on any atom is -0.493 e. The lowest BCUT2D eigenvalue weighted by Gasteiger charge is -2.25. The van der Waals surface area contributed by atoms with Crippen molar-refractivity contribution >= 4 is 5.82 Å². The molecule has 110 valence electrons. The summed E-state index contributed by atoms with van der Waals surface area (Å²) < 4.78 is 5.86. The summed E-state index contributed by atoms with van der Waals surface area (Å²) in [4.78, 5) is 9.44. The van der Waals surface area contributed by atoms with Crippen LogP contribution in [0.3, 0.4) is 0 Å². The van der Waals surface area contributed by atoms with Crippen molar-refractivity contribution in [2.75, 3.05) is 19.0 Å². The number of aromatic nitrogens is 2. The number of aryl methyl sites for hydroxylation is 1. The number of hydrogen-bond donors (Lipinski definition) is 1. The normalized spacial score (nSPS) is 17.0. The van der Waals surface area contributed by atoms with E-state index in [0.29, 0.717) is 6.61 Å². The van der Waals surface area contributed by atoms with Gasteiger partial charge in [0, 0.05) is 18.3 Å². The maximum atomic E-state index is 5.86. The molecule has 3 rings (SSSR count). The van der Waals surface area contributed by atoms with Gasteiger partial charge < -0.3 is 10.1 Å². The number of hydrogen-bond acceptors (Lipinski definition) is 4. The number of fused-ring (bicyclic) bond motifs is 1. The first-order valence-corrected chi connectivity index (χ1v) is 7.48. The largest absolute Gasteiger partial charge is 0.493 e. The smallest absolute Gasteiger partial charge is 0.137 e. The molecule has 1 aromatic carbocycles. The van der Waals surface area contributed by atoms with Crippen molar-refractivity contribution in [1.29, 1.82) is 0 Å². The summed E-state index contributed by atoms with van der Waals surface area (Å²) in [7, 11) is 1.91. The van der Waals surface area contributed by atoms with Gasteiger partial charge in [0.1, 0.15) is 17.4 Å². The van der Waals surface area contributed by atoms with Gasteiger partial charge in [-0.05, 0) is 31.4 Å². The van der Waals surface area contributed by atoms with Gasteiger partial charge in [0.25, 0.3) is 0 Å². The summed E-state index contributed by atoms with van der Waals surface area (Å²) in [5.41, 5.74) is 3.49. The van der Waals surface area contributed by atoms with Gasteiger partial charge in [-0.1, -0.05) is 25.1 Å². The topological polar surface area (TPSA) is 47.0 Å². The maximum Gasteiger partial charge on any atom is 0.137 e. The van der Waals surface area contributed by atoms with Gasteiger partial charge in [-0.15, -0.1) is 0 Å². The highest BCUT2D eigenvalue weighted by Crippen LogP contribution is 2.31. The number of anilines is 1. The first-order chi connectivity index (χ1) is 10.2. The average molecular weight is 283 g/mol. The van der Waals surface area contributed by atoms with Crippen LogP contribution in [-0.4, -0.2) is 23.6 Å². The van der Waals surface area contributed by atoms with Crippen molar-refractivity contribution in [3.63, 3.8) is 0 Å². The van der Waals surface area contributed by atoms with Gasteiger partial charge in [-0.3, -0.25) is 0 Å². The summed E-state index contributed by atoms with van der Waals surface area (Å²) in [6.07, 6.45) is 1.87. The third-order valence-corrected chi connectivity index (χ3v) is 4.07. The van der Waals surface area contributed by atoms with Gasteiger partial charge >= 0.3 is 0 Å². The van der Waals surface area contributed by atoms with Crippen molar-refractivity contribution < 1.29 is 4.74 Å². The zero-order valence-electron chi connectivity index (χ0n) is 12.8. The Balaban J connectivity index is 1.93. The molecule has 1 aliphatic heterocycles. The van der Waals surface area contributed by atoms with Crippen LogP contribution in [0.2, 0.25) is 0 Å². The fourth-order valence-corrected chi connectivity index (χ4v) is 2.92. The summed E-state index contributed by atoms with van der Waals surface area (Å²) in [6.45, 7) is 4.83. The summed E-state index contributed by atoms with van der Waals surface area (Å²) >= 11 is 0. The molecule has 0 amide bonds. The maximum absolute atomic E-state index is 5.86. The van der Waals surface area contributed by atoms with Crippen LogP contribution in [0.5, 0.6) is 5.75 Å². The molecule has 4 heteroatoms. The summed E-state index contributed by atoms with van der Waals surface area (Å²) in [5.74, 6) is 3.03. The van der Waals surface area contributed by atoms with Crippen LogP contribution in [0.15, 0.2) is 24.3 Å². The fourth-order valence-electron chi connectivity index (χ4n) is 2.92. The Morgan fingerprint density at radius 2 is 2.10 bits per heavy atom. The quantitative estimate of drug-likeness (QED) is 0.940. The molecule has 0 aliphatic carbocycles. The Kier molecular flexibility index (Phi) is 3.78. The minimum absolute atomic E-state index is 0.219. The minimum atomic E-state index is 0.219. The highest BCUT2D eigenvalue weighted by Gasteiger charge is 2.24. The number of nitrogens with zero attached hydrogens (tertiary/aromatic N) is 2. The molecule has 0 bridgehead atoms. The van der Waals surface area contributed by atoms with Crippen LogP contribution in [0, 0.1) is 6.92 Å². The van der Waals surface area contributed by atoms with Gasteiger partial charge in [-0.25, -0.2) is 9.97 Å². The van der Waals surface area contributed by atoms with Crippen LogP contribution in [0.1, 0.15) is 35.5 Å². The molecule has 4 nitrogen and oxygen atoms in total. The molecule has 1 atom stereocenters. The van der Waals surface area contributed by atoms with Crippen LogP contribution in [-0.2, 0) is 12.8 Å². The standard InChI is InChI=1S/C17H21N3O/c1-4-14-11(2)19-16(20-17(14)18-3)13-9-12-7-5-6-8-15(12)21-10-13/h5-8,13H,4,9-10H2,1-3H3,(H,18,19,20). The Labute approximate surface area is 125 Å². The third kappa shape index (κ3) is 2.58. The van der Waals surface area contributed by atoms with Gasteiger partial charge in [0.2, 0.25) is 0 Å². The molecule has 1 unspecified atom stereocenters. The van der Waals surface area contributed by atoms with E-state index < -0.39 is 0 Å². The predicted octanol–water partition coefficient (Wildman–Crippen LogP) is 3.11. The van der Waals surface area contributed by atoms with E-state index in [2.05, 4.69) is 31.3 Å². The Morgan fingerprint density at radius 1 is 1.29 bits per heavy atom. The summed E-state index contributed by atoms with van der Waals surface area (Å²) in [6, 6.07) is 8.20. The van der Waals surface area contributed by atoms with Gasteiger partial charge in [0.15, 0.2) is 0 Å². The Bertz CT molecular complexity index is 654. The third-order valence-electron chi connectivity index (χ3n) is 4.07. The number of para-hydroxylation sites is 1. The Morgan fingerprint density at radius 3 is 2.86 bits per heavy atom. The number of nitrogens with one attached hydrogen (secondary N) is 1. The van der Waals surface area contributed by atoms with Crippen LogP contribution >= 0.6 is 0 Å². The molecule has 0 saturated carbocycles. The molecule has 21 heavy (non-hydrogen) atoms. The van der Waals surface area contributed by atoms with Crippen molar-refractivity contribution in [2.45, 2.75) is 32.6 Å². The van der Waals surface area contributed by atoms with E-state index >= 15 is 0 Å². The Hall–Kier alpha value is -2.10. The van der Waals surface area contributed by atoms with Gasteiger partial charge in [-0.2, -0.15) is 0 Å². The fraction of sp³-hybridized carbons (Fsp3) is 0.412. The average Bonchev–Trinajstić information content (AvgIpc) is 2.53. The van der Waals surface area contributed by atoms with E-state index in [-0.39, 0.29) is 5.92 Å². The number of ether oxygens (including phenoxy) is 1. The molecule has 0 radical (unpaired) electrons. The van der Waals surface area contributed by atoms with Gasteiger partial charge in [0.05, 0.1) is 12.5 Å². The number of rotatable bonds is 3. The van der Waals surface area contributed by atoms with E-state index in [1.807, 2.05) is 19.2 Å². The molecule has 0 spiro atoms. The number of benzene rings is 1. The molecule has 2 heterocycles. The molecule has 0 fully saturated rings. The van der Waals surface area contributed by atoms with Crippen LogP contribution in [0.4, 0.5) is 5.82 Å². The van der Waals surface area contributed by atoms with Crippen molar-refractivity contribution in [3.8, 4) is 5.75 Å². The molecule has 0 saturated heterocycles. The first kappa shape index (κ1) is 13.9. The highest BCUT2D eigenvalue weighted by atomic mass is 16.5. The zero-order chi connectivity index (χ0) is 14.8. The summed E-state index contributed by atoms with van der Waals surface area (Å²) in [5, 5.41) is 3.19. The molecule has 1 aliphatic rings. The predicted molar refractivity (Wildman–Crippen MR) is 84.1 cm³/mol. The monoisotopic (exact) mass is 283 g/mol. The molecule has 2 aromatic rings. The van der Waals surface area contributed by atoms with Crippen molar-refractivity contribution in [2.24, 2.45) is 0 Å². The molecular formula is C17H21N3O. The van der Waals surface area contributed by atoms with E-state index in [1.165, 1.54) is 11.1 Å². The van der Waals surface area contributed by atoms with Crippen molar-refractivity contribution in [3.05, 3.63) is 46.9 Å². The van der Waals surface area contributed by atoms with Crippen LogP contribution in [0.25, 0.3) is 0 Å². The van der Waals surface area contributed by atoms with E-state index in [9.17, 15) is 0 Å². The molecular weight excluding hydrogens is 262 g/mol. The second kappa shape index (κ2) is 5.72. The first-order valence-electron chi connectivity index (χ1n) is 7.48. The SMILES string of the molecule is CCc1c(C)nc(C2COc3ccccc3C2)nc1NC. The second-order valence-electron chi connectivity index (χ2n) is 5.42. The highest BCUT2D eigenvalue weighted by molar-refractivity contribution is 5.46. The lowest BCUT2D eigenvalue weighted by atomic mass is 9.95. The van der Waals surface area contributed by atoms with E-state index in [4.69, 9.17) is 14.7 Å². The zero-order valence-corrected chi connectivity index (χ0v) is 12.8. The lowest BCUT2D eigenvalue weighted by Crippen LogP contribution is -2.22. The van der Waals surface area contributed by atoms with E-state index in [1.54, 1.807) is 0 Å².